The number of nitrogens with one attached hydrogen (secondary N) is 1. The number of amides is 2. The fraction of sp³-hybridized carbons (Fsp3) is 0.333. The van der Waals surface area contributed by atoms with Gasteiger partial charge in [-0.1, -0.05) is 13.3 Å². The van der Waals surface area contributed by atoms with Crippen LogP contribution in [0.3, 0.4) is 0 Å². The molecule has 0 unspecified atom stereocenters. The summed E-state index contributed by atoms with van der Waals surface area (Å²) in [6.45, 7) is 2.85. The van der Waals surface area contributed by atoms with Crippen LogP contribution in [0.1, 0.15) is 25.3 Å². The first kappa shape index (κ1) is 13.0. The van der Waals surface area contributed by atoms with E-state index < -0.39 is 6.03 Å². The summed E-state index contributed by atoms with van der Waals surface area (Å²) in [4.78, 5) is 10.4. The molecule has 5 nitrogen and oxygen atoms in total. The van der Waals surface area contributed by atoms with Crippen LogP contribution in [0, 0.1) is 0 Å². The molecule has 0 heterocycles. The average Bonchev–Trinajstić information content (AvgIpc) is 2.31. The maximum Gasteiger partial charge on any atom is 0.332 e. The van der Waals surface area contributed by atoms with Crippen LogP contribution in [0.5, 0.6) is 5.75 Å². The van der Waals surface area contributed by atoms with Crippen LogP contribution < -0.4 is 15.9 Å². The molecule has 0 fully saturated rings. The lowest BCUT2D eigenvalue weighted by atomic mass is 10.2. The van der Waals surface area contributed by atoms with Crippen molar-refractivity contribution in [2.24, 2.45) is 10.8 Å². The number of nitrogens with zero attached hydrogens (tertiary/aromatic N) is 1. The lowest BCUT2D eigenvalue weighted by Gasteiger charge is -2.04. The van der Waals surface area contributed by atoms with Crippen molar-refractivity contribution in [1.29, 1.82) is 0 Å². The third-order valence-corrected chi connectivity index (χ3v) is 2.04. The minimum atomic E-state index is -0.680. The van der Waals surface area contributed by atoms with E-state index in [4.69, 9.17) is 10.5 Å². The second kappa shape index (κ2) is 7.27. The smallest absolute Gasteiger partial charge is 0.332 e. The number of hydrogen-bond donors (Lipinski definition) is 2. The van der Waals surface area contributed by atoms with Gasteiger partial charge in [0.05, 0.1) is 12.8 Å². The van der Waals surface area contributed by atoms with Crippen molar-refractivity contribution in [3.8, 4) is 5.75 Å². The van der Waals surface area contributed by atoms with E-state index in [-0.39, 0.29) is 0 Å². The molecule has 0 atom stereocenters. The number of hydrogen-bond acceptors (Lipinski definition) is 3. The van der Waals surface area contributed by atoms with Gasteiger partial charge in [0.1, 0.15) is 5.75 Å². The van der Waals surface area contributed by atoms with E-state index in [0.29, 0.717) is 0 Å². The monoisotopic (exact) mass is 235 g/mol. The van der Waals surface area contributed by atoms with Crippen LogP contribution in [-0.2, 0) is 0 Å². The molecule has 5 heteroatoms. The standard InChI is InChI=1S/C12H17N3O2/c1-2-3-8-17-11-6-4-10(5-7-11)9-14-15-12(13)16/h4-7,9H,2-3,8H2,1H3,(H3,13,15,16)/b14-9-. The fourth-order valence-electron chi connectivity index (χ4n) is 1.15. The highest BCUT2D eigenvalue weighted by molar-refractivity contribution is 5.81. The molecule has 0 radical (unpaired) electrons. The van der Waals surface area contributed by atoms with Gasteiger partial charge < -0.3 is 10.5 Å². The first-order valence-electron chi connectivity index (χ1n) is 5.53. The lowest BCUT2D eigenvalue weighted by Crippen LogP contribution is -2.24. The first-order chi connectivity index (χ1) is 8.22. The summed E-state index contributed by atoms with van der Waals surface area (Å²) in [5.74, 6) is 0.832. The number of rotatable bonds is 6. The van der Waals surface area contributed by atoms with Crippen molar-refractivity contribution in [1.82, 2.24) is 5.43 Å². The summed E-state index contributed by atoms with van der Waals surface area (Å²) in [6, 6.07) is 6.75. The number of unbranched alkanes of at least 4 members (excludes halogenated alkanes) is 1. The van der Waals surface area contributed by atoms with Crippen molar-refractivity contribution >= 4 is 12.2 Å². The fourth-order valence-corrected chi connectivity index (χ4v) is 1.15. The summed E-state index contributed by atoms with van der Waals surface area (Å²) in [6.07, 6.45) is 3.68. The molecule has 17 heavy (non-hydrogen) atoms. The van der Waals surface area contributed by atoms with Gasteiger partial charge in [-0.2, -0.15) is 5.10 Å². The molecule has 0 aliphatic heterocycles. The van der Waals surface area contributed by atoms with Crippen molar-refractivity contribution in [2.45, 2.75) is 19.8 Å². The Morgan fingerprint density at radius 2 is 2.18 bits per heavy atom. The van der Waals surface area contributed by atoms with Crippen molar-refractivity contribution in [3.05, 3.63) is 29.8 Å². The molecule has 0 saturated heterocycles. The Kier molecular flexibility index (Phi) is 5.57. The number of ether oxygens (including phenoxy) is 1. The van der Waals surface area contributed by atoms with Crippen molar-refractivity contribution < 1.29 is 9.53 Å². The molecule has 0 spiro atoms. The largest absolute Gasteiger partial charge is 0.494 e. The van der Waals surface area contributed by atoms with Gasteiger partial charge in [-0.25, -0.2) is 10.2 Å². The quantitative estimate of drug-likeness (QED) is 0.448. The van der Waals surface area contributed by atoms with Crippen LogP contribution in [0.15, 0.2) is 29.4 Å². The van der Waals surface area contributed by atoms with Gasteiger partial charge in [0.2, 0.25) is 0 Å². The average molecular weight is 235 g/mol. The van der Waals surface area contributed by atoms with Gasteiger partial charge in [0.25, 0.3) is 0 Å². The van der Waals surface area contributed by atoms with E-state index in [1.165, 1.54) is 6.21 Å². The van der Waals surface area contributed by atoms with Crippen molar-refractivity contribution in [3.63, 3.8) is 0 Å². The Labute approximate surface area is 101 Å². The van der Waals surface area contributed by atoms with E-state index in [0.717, 1.165) is 30.8 Å². The molecule has 92 valence electrons. The second-order valence-electron chi connectivity index (χ2n) is 3.51. The zero-order valence-electron chi connectivity index (χ0n) is 9.85. The Morgan fingerprint density at radius 3 is 2.76 bits per heavy atom. The predicted octanol–water partition coefficient (Wildman–Crippen LogP) is 1.87. The minimum absolute atomic E-state index is 0.680. The van der Waals surface area contributed by atoms with E-state index >= 15 is 0 Å². The topological polar surface area (TPSA) is 76.7 Å². The molecule has 3 N–H and O–H groups in total. The predicted molar refractivity (Wildman–Crippen MR) is 67.2 cm³/mol. The van der Waals surface area contributed by atoms with Crippen LogP contribution >= 0.6 is 0 Å². The summed E-state index contributed by atoms with van der Waals surface area (Å²) in [5, 5.41) is 3.66. The van der Waals surface area contributed by atoms with Gasteiger partial charge in [-0.05, 0) is 36.2 Å². The summed E-state index contributed by atoms with van der Waals surface area (Å²) in [7, 11) is 0. The van der Waals surface area contributed by atoms with E-state index in [2.05, 4.69) is 17.5 Å². The number of nitrogens with two attached hydrogens (primary N) is 1. The van der Waals surface area contributed by atoms with Crippen LogP contribution in [0.25, 0.3) is 0 Å². The van der Waals surface area contributed by atoms with Crippen LogP contribution in [0.4, 0.5) is 4.79 Å². The Balaban J connectivity index is 2.44. The molecule has 0 aromatic heterocycles. The van der Waals surface area contributed by atoms with E-state index in [1.807, 2.05) is 24.3 Å². The number of primary amides is 1. The Morgan fingerprint density at radius 1 is 1.47 bits per heavy atom. The number of carbonyl (C=O) groups is 1. The first-order valence-corrected chi connectivity index (χ1v) is 5.53. The molecule has 0 aliphatic carbocycles. The summed E-state index contributed by atoms with van der Waals surface area (Å²) in [5.41, 5.74) is 7.86. The molecule has 2 amide bonds. The highest BCUT2D eigenvalue weighted by Crippen LogP contribution is 2.11. The van der Waals surface area contributed by atoms with Gasteiger partial charge >= 0.3 is 6.03 Å². The van der Waals surface area contributed by atoms with Gasteiger partial charge in [0, 0.05) is 0 Å². The Bertz CT molecular complexity index is 374. The molecule has 1 aromatic rings. The van der Waals surface area contributed by atoms with Crippen LogP contribution in [-0.4, -0.2) is 18.9 Å². The van der Waals surface area contributed by atoms with E-state index in [1.54, 1.807) is 0 Å². The van der Waals surface area contributed by atoms with Crippen molar-refractivity contribution in [2.75, 3.05) is 6.61 Å². The summed E-state index contributed by atoms with van der Waals surface area (Å²) < 4.78 is 5.51. The Hall–Kier alpha value is -2.04. The number of carbonyl (C=O) groups excluding carboxylic acids is 1. The third kappa shape index (κ3) is 5.55. The number of hydrazone groups is 1. The van der Waals surface area contributed by atoms with Crippen LogP contribution in [0.2, 0.25) is 0 Å². The molecular weight excluding hydrogens is 218 g/mol. The second-order valence-corrected chi connectivity index (χ2v) is 3.51. The molecule has 0 bridgehead atoms. The highest BCUT2D eigenvalue weighted by Gasteiger charge is 1.93. The maximum atomic E-state index is 10.4. The van der Waals surface area contributed by atoms with Gasteiger partial charge in [-0.3, -0.25) is 0 Å². The molecule has 1 rings (SSSR count). The normalized spacial score (nSPS) is 10.4. The highest BCUT2D eigenvalue weighted by atomic mass is 16.5. The summed E-state index contributed by atoms with van der Waals surface area (Å²) >= 11 is 0. The molecular formula is C12H17N3O2. The van der Waals surface area contributed by atoms with Gasteiger partial charge in [-0.15, -0.1) is 0 Å². The lowest BCUT2D eigenvalue weighted by molar-refractivity contribution is 0.249. The molecule has 1 aromatic carbocycles. The zero-order valence-corrected chi connectivity index (χ0v) is 9.85. The SMILES string of the molecule is CCCCOc1ccc(/C=N\NC(N)=O)cc1. The van der Waals surface area contributed by atoms with Gasteiger partial charge in [0.15, 0.2) is 0 Å². The maximum absolute atomic E-state index is 10.4. The van der Waals surface area contributed by atoms with E-state index in [9.17, 15) is 4.79 Å². The third-order valence-electron chi connectivity index (χ3n) is 2.04. The molecule has 0 aliphatic rings. The minimum Gasteiger partial charge on any atom is -0.494 e. The molecule has 0 saturated carbocycles. The number of benzene rings is 1. The number of urea groups is 1. The zero-order chi connectivity index (χ0) is 12.5.